The number of methoxy groups -OCH3 is 3. The van der Waals surface area contributed by atoms with Crippen LogP contribution in [0.5, 0.6) is 17.2 Å². The van der Waals surface area contributed by atoms with Crippen molar-refractivity contribution in [3.05, 3.63) is 156 Å². The molecule has 8 rings (SSSR count). The van der Waals surface area contributed by atoms with Crippen molar-refractivity contribution < 1.29 is 50.4 Å². The zero-order valence-electron chi connectivity index (χ0n) is 41.0. The van der Waals surface area contributed by atoms with Gasteiger partial charge >= 0.3 is 6.09 Å². The maximum absolute atomic E-state index is 16.3. The van der Waals surface area contributed by atoms with Gasteiger partial charge in [-0.25, -0.2) is 31.3 Å². The third-order valence-corrected chi connectivity index (χ3v) is 15.7. The van der Waals surface area contributed by atoms with Gasteiger partial charge in [-0.15, -0.1) is 10.2 Å². The highest BCUT2D eigenvalue weighted by molar-refractivity contribution is 7.92. The quantitative estimate of drug-likeness (QED) is 0.0594. The summed E-state index contributed by atoms with van der Waals surface area (Å²) in [4.78, 5) is 18.3. The summed E-state index contributed by atoms with van der Waals surface area (Å²) in [5, 5.41) is 23.9. The average molecular weight is 1050 g/mol. The zero-order chi connectivity index (χ0) is 52.2. The summed E-state index contributed by atoms with van der Waals surface area (Å²) < 4.78 is 95.5. The largest absolute Gasteiger partial charge is 0.497 e. The number of nitrogen functional groups attached to an aromatic ring is 1. The highest BCUT2D eigenvalue weighted by Crippen LogP contribution is 2.41. The average Bonchev–Trinajstić information content (AvgIpc) is 3.89. The summed E-state index contributed by atoms with van der Waals surface area (Å²) in [6.07, 6.45) is 0.136. The summed E-state index contributed by atoms with van der Waals surface area (Å²) in [5.74, 6) is 1.53. The SMILES string of the molecule is COc1ccc(CN(Cc2ccc(OC)cc2)S(=O)(=O)c2c(S(=O)(=O)N[C@H](COC3CCCCO3)CN(Cc3ccccc3)C(=O)O)ccc(-c3cccc(N)n3)c2-c2nnn(Cc3ccc(OC)cc3)n2)cc1. The highest BCUT2D eigenvalue weighted by Gasteiger charge is 2.39. The Labute approximate surface area is 429 Å². The van der Waals surface area contributed by atoms with Crippen molar-refractivity contribution in [2.45, 2.75) is 67.6 Å². The van der Waals surface area contributed by atoms with Crippen molar-refractivity contribution in [1.29, 1.82) is 0 Å². The molecule has 0 bridgehead atoms. The van der Waals surface area contributed by atoms with Crippen molar-refractivity contribution in [3.63, 3.8) is 0 Å². The number of hydrogen-bond acceptors (Lipinski definition) is 15. The van der Waals surface area contributed by atoms with Crippen molar-refractivity contribution in [2.24, 2.45) is 0 Å². The molecule has 22 heteroatoms. The number of nitrogens with two attached hydrogens (primary N) is 1. The van der Waals surface area contributed by atoms with Gasteiger partial charge in [-0.1, -0.05) is 78.9 Å². The molecular weight excluding hydrogens is 991 g/mol. The molecule has 7 aromatic rings. The Morgan fingerprint density at radius 1 is 0.770 bits per heavy atom. The number of anilines is 1. The number of hydrogen-bond donors (Lipinski definition) is 3. The lowest BCUT2D eigenvalue weighted by Gasteiger charge is -2.30. The lowest BCUT2D eigenvalue weighted by Crippen LogP contribution is -2.48. The summed E-state index contributed by atoms with van der Waals surface area (Å²) in [7, 11) is -5.50. The Hall–Kier alpha value is -7.47. The molecule has 0 aliphatic carbocycles. The molecule has 1 fully saturated rings. The first-order valence-electron chi connectivity index (χ1n) is 23.6. The Morgan fingerprint density at radius 2 is 1.38 bits per heavy atom. The number of amides is 1. The van der Waals surface area contributed by atoms with Gasteiger partial charge in [0.15, 0.2) is 6.29 Å². The minimum atomic E-state index is -5.06. The van der Waals surface area contributed by atoms with Crippen LogP contribution in [0.4, 0.5) is 10.6 Å². The summed E-state index contributed by atoms with van der Waals surface area (Å²) in [5.41, 5.74) is 8.76. The maximum Gasteiger partial charge on any atom is 0.407 e. The van der Waals surface area contributed by atoms with E-state index >= 15 is 16.8 Å². The first-order chi connectivity index (χ1) is 35.7. The number of rotatable bonds is 23. The number of pyridine rings is 1. The Balaban J connectivity index is 1.32. The predicted molar refractivity (Wildman–Crippen MR) is 274 cm³/mol. The van der Waals surface area contributed by atoms with E-state index in [-0.39, 0.29) is 61.2 Å². The normalized spacial score (nSPS) is 14.4. The first-order valence-corrected chi connectivity index (χ1v) is 26.5. The van der Waals surface area contributed by atoms with E-state index in [4.69, 9.17) is 34.5 Å². The monoisotopic (exact) mass is 1050 g/mol. The number of tetrazole rings is 1. The number of ether oxygens (including phenoxy) is 5. The molecule has 2 atom stereocenters. The van der Waals surface area contributed by atoms with Crippen LogP contribution < -0.4 is 24.7 Å². The van der Waals surface area contributed by atoms with Crippen LogP contribution in [0.25, 0.3) is 22.6 Å². The van der Waals surface area contributed by atoms with Gasteiger partial charge in [-0.05, 0) is 101 Å². The minimum Gasteiger partial charge on any atom is -0.497 e. The van der Waals surface area contributed by atoms with Crippen LogP contribution in [0.1, 0.15) is 41.5 Å². The Bertz CT molecular complexity index is 3170. The number of nitrogens with one attached hydrogen (secondary N) is 1. The van der Waals surface area contributed by atoms with E-state index in [1.165, 1.54) is 31.1 Å². The van der Waals surface area contributed by atoms with Gasteiger partial charge in [0.2, 0.25) is 25.9 Å². The lowest BCUT2D eigenvalue weighted by atomic mass is 10.0. The molecular formula is C52H57N9O11S2. The molecule has 5 aromatic carbocycles. The fraction of sp³-hybridized carbons (Fsp3) is 0.288. The van der Waals surface area contributed by atoms with E-state index in [9.17, 15) is 9.90 Å². The van der Waals surface area contributed by atoms with E-state index in [2.05, 4.69) is 20.0 Å². The molecule has 1 saturated heterocycles. The standard InChI is InChI=1S/C52H57N9O11S2/c1-68-41-21-15-37(16-22-41)31-60(32-38-17-23-42(69-2)24-18-38)74(66,67)50-46(73(64,65)57-40(35-72-48-14-7-8-29-71-48)34-59(52(62)63)30-36-10-5-4-6-11-36)28-27-44(45-12-9-13-47(53)54-45)49(50)51-55-58-61(56-51)33-39-19-25-43(70-3)26-20-39/h4-6,9-13,15-28,40,48,57H,7-8,14,29-35H2,1-3H3,(H2,53,54)(H,62,63)/t40-,48?/m0/s1. The van der Waals surface area contributed by atoms with Gasteiger partial charge in [0, 0.05) is 38.3 Å². The van der Waals surface area contributed by atoms with Crippen molar-refractivity contribution in [3.8, 4) is 39.9 Å². The fourth-order valence-corrected chi connectivity index (χ4v) is 12.0. The van der Waals surface area contributed by atoms with Gasteiger partial charge in [-0.2, -0.15) is 9.10 Å². The molecule has 2 aromatic heterocycles. The third-order valence-electron chi connectivity index (χ3n) is 12.1. The van der Waals surface area contributed by atoms with Gasteiger partial charge in [0.05, 0.1) is 51.8 Å². The molecule has 4 N–H and O–H groups in total. The number of aromatic nitrogens is 5. The van der Waals surface area contributed by atoms with Crippen molar-refractivity contribution >= 4 is 32.0 Å². The zero-order valence-corrected chi connectivity index (χ0v) is 42.6. The summed E-state index contributed by atoms with van der Waals surface area (Å²) in [6.45, 7) is -0.840. The van der Waals surface area contributed by atoms with Crippen LogP contribution in [0, 0.1) is 0 Å². The van der Waals surface area contributed by atoms with Crippen LogP contribution in [0.3, 0.4) is 0 Å². The number of sulfonamides is 2. The first kappa shape index (κ1) is 52.8. The van der Waals surface area contributed by atoms with Gasteiger partial charge in [0.25, 0.3) is 0 Å². The molecule has 1 aliphatic rings. The van der Waals surface area contributed by atoms with Crippen LogP contribution in [0.2, 0.25) is 0 Å². The molecule has 388 valence electrons. The number of carboxylic acid groups (broad SMARTS) is 1. The van der Waals surface area contributed by atoms with E-state index in [1.54, 1.807) is 128 Å². The molecule has 0 saturated carbocycles. The Morgan fingerprint density at radius 3 is 1.95 bits per heavy atom. The second-order valence-corrected chi connectivity index (χ2v) is 20.9. The number of benzene rings is 5. The molecule has 1 unspecified atom stereocenters. The minimum absolute atomic E-state index is 0.0843. The van der Waals surface area contributed by atoms with E-state index in [1.807, 2.05) is 0 Å². The third kappa shape index (κ3) is 13.2. The van der Waals surface area contributed by atoms with Gasteiger partial charge in [-0.3, -0.25) is 0 Å². The second kappa shape index (κ2) is 24.0. The number of carbonyl (C=O) groups is 1. The van der Waals surface area contributed by atoms with Crippen LogP contribution in [-0.2, 0) is 55.7 Å². The van der Waals surface area contributed by atoms with E-state index < -0.39 is 54.8 Å². The van der Waals surface area contributed by atoms with E-state index in [0.29, 0.717) is 47.0 Å². The predicted octanol–water partition coefficient (Wildman–Crippen LogP) is 6.82. The van der Waals surface area contributed by atoms with E-state index in [0.717, 1.165) is 27.6 Å². The maximum atomic E-state index is 16.3. The van der Waals surface area contributed by atoms with Crippen LogP contribution in [-0.4, -0.2) is 116 Å². The van der Waals surface area contributed by atoms with Crippen LogP contribution >= 0.6 is 0 Å². The molecule has 0 spiro atoms. The van der Waals surface area contributed by atoms with Crippen molar-refractivity contribution in [1.82, 2.24) is 39.1 Å². The highest BCUT2D eigenvalue weighted by atomic mass is 32.2. The molecule has 1 amide bonds. The lowest BCUT2D eigenvalue weighted by molar-refractivity contribution is -0.165. The summed E-state index contributed by atoms with van der Waals surface area (Å²) >= 11 is 0. The number of nitrogens with zero attached hydrogens (tertiary/aromatic N) is 7. The topological polar surface area (TPSA) is 253 Å². The molecule has 20 nitrogen and oxygen atoms in total. The Kier molecular flexibility index (Phi) is 17.2. The molecule has 3 heterocycles. The summed E-state index contributed by atoms with van der Waals surface area (Å²) in [6, 6.07) is 35.6. The van der Waals surface area contributed by atoms with Crippen LogP contribution in [0.15, 0.2) is 143 Å². The molecule has 0 radical (unpaired) electrons. The smallest absolute Gasteiger partial charge is 0.407 e. The van der Waals surface area contributed by atoms with Gasteiger partial charge < -0.3 is 39.4 Å². The molecule has 1 aliphatic heterocycles. The molecule has 74 heavy (non-hydrogen) atoms. The van der Waals surface area contributed by atoms with Gasteiger partial charge in [0.1, 0.15) is 32.9 Å². The second-order valence-electron chi connectivity index (χ2n) is 17.3. The van der Waals surface area contributed by atoms with Crippen molar-refractivity contribution in [2.75, 3.05) is 46.8 Å². The fourth-order valence-electron chi connectivity index (χ4n) is 8.35.